The second-order valence-electron chi connectivity index (χ2n) is 7.18. The van der Waals surface area contributed by atoms with Crippen molar-refractivity contribution >= 4 is 35.0 Å². The first-order valence-electron chi connectivity index (χ1n) is 9.96. The molecule has 2 amide bonds. The van der Waals surface area contributed by atoms with Gasteiger partial charge in [0.05, 0.1) is 5.69 Å². The highest BCUT2D eigenvalue weighted by Gasteiger charge is 2.40. The highest BCUT2D eigenvalue weighted by molar-refractivity contribution is 8.04. The van der Waals surface area contributed by atoms with E-state index in [0.717, 1.165) is 33.0 Å². The van der Waals surface area contributed by atoms with Gasteiger partial charge in [-0.3, -0.25) is 9.59 Å². The summed E-state index contributed by atoms with van der Waals surface area (Å²) >= 11 is 1.25. The van der Waals surface area contributed by atoms with Crippen molar-refractivity contribution in [3.05, 3.63) is 100 Å². The highest BCUT2D eigenvalue weighted by atomic mass is 32.2. The second-order valence-corrected chi connectivity index (χ2v) is 8.26. The van der Waals surface area contributed by atoms with Crippen LogP contribution in [0.1, 0.15) is 18.1 Å². The number of amides is 2. The molecule has 0 saturated carbocycles. The average Bonchev–Trinajstić information content (AvgIpc) is 3.00. The number of imide groups is 1. The van der Waals surface area contributed by atoms with Gasteiger partial charge in [0.2, 0.25) is 0 Å². The quantitative estimate of drug-likeness (QED) is 0.509. The third kappa shape index (κ3) is 4.25. The molecule has 6 heteroatoms. The Balaban J connectivity index is 1.76. The molecule has 0 aromatic heterocycles. The Hall–Kier alpha value is -3.38. The number of benzene rings is 3. The Morgan fingerprint density at radius 2 is 1.58 bits per heavy atom. The zero-order chi connectivity index (χ0) is 22.0. The SMILES string of the molecule is CCc1ccccc1NC1=C(Sc2ccc(C)cc2)C(=O)N(c2ccc(F)cc2)C1=O. The monoisotopic (exact) mass is 432 g/mol. The zero-order valence-corrected chi connectivity index (χ0v) is 18.0. The molecular weight excluding hydrogens is 411 g/mol. The van der Waals surface area contributed by atoms with Crippen molar-refractivity contribution in [2.24, 2.45) is 0 Å². The number of anilines is 2. The van der Waals surface area contributed by atoms with Crippen LogP contribution in [0.2, 0.25) is 0 Å². The fourth-order valence-corrected chi connectivity index (χ4v) is 4.28. The minimum Gasteiger partial charge on any atom is -0.350 e. The average molecular weight is 433 g/mol. The van der Waals surface area contributed by atoms with E-state index in [1.807, 2.05) is 62.4 Å². The van der Waals surface area contributed by atoms with Crippen LogP contribution in [0.25, 0.3) is 0 Å². The van der Waals surface area contributed by atoms with Crippen LogP contribution in [0.15, 0.2) is 88.3 Å². The van der Waals surface area contributed by atoms with Gasteiger partial charge in [0, 0.05) is 10.6 Å². The predicted octanol–water partition coefficient (Wildman–Crippen LogP) is 5.69. The van der Waals surface area contributed by atoms with Gasteiger partial charge in [0.15, 0.2) is 0 Å². The van der Waals surface area contributed by atoms with E-state index >= 15 is 0 Å². The molecule has 3 aromatic carbocycles. The predicted molar refractivity (Wildman–Crippen MR) is 122 cm³/mol. The number of thioether (sulfide) groups is 1. The summed E-state index contributed by atoms with van der Waals surface area (Å²) in [6, 6.07) is 20.8. The van der Waals surface area contributed by atoms with Crippen LogP contribution in [0.4, 0.5) is 15.8 Å². The molecule has 4 rings (SSSR count). The highest BCUT2D eigenvalue weighted by Crippen LogP contribution is 2.38. The van der Waals surface area contributed by atoms with Crippen LogP contribution in [-0.2, 0) is 16.0 Å². The molecule has 1 aliphatic rings. The lowest BCUT2D eigenvalue weighted by Crippen LogP contribution is -2.32. The third-order valence-electron chi connectivity index (χ3n) is 5.03. The minimum atomic E-state index is -0.461. The molecule has 0 bridgehead atoms. The van der Waals surface area contributed by atoms with E-state index in [2.05, 4.69) is 5.32 Å². The number of halogens is 1. The van der Waals surface area contributed by atoms with Crippen molar-refractivity contribution in [3.63, 3.8) is 0 Å². The van der Waals surface area contributed by atoms with Gasteiger partial charge in [0.1, 0.15) is 16.4 Å². The van der Waals surface area contributed by atoms with Gasteiger partial charge in [-0.1, -0.05) is 54.6 Å². The molecule has 3 aromatic rings. The Morgan fingerprint density at radius 1 is 0.903 bits per heavy atom. The molecular formula is C25H21FN2O2S. The standard InChI is InChI=1S/C25H21FN2O2S/c1-3-17-6-4-5-7-21(17)27-22-23(31-20-14-8-16(2)9-15-20)25(30)28(24(22)29)19-12-10-18(26)11-13-19/h4-15,27H,3H2,1-2H3. The van der Waals surface area contributed by atoms with Gasteiger partial charge in [-0.05, 0) is 61.4 Å². The molecule has 0 atom stereocenters. The summed E-state index contributed by atoms with van der Waals surface area (Å²) in [5, 5.41) is 3.21. The maximum absolute atomic E-state index is 13.4. The molecule has 31 heavy (non-hydrogen) atoms. The zero-order valence-electron chi connectivity index (χ0n) is 17.2. The van der Waals surface area contributed by atoms with Crippen molar-refractivity contribution in [3.8, 4) is 0 Å². The van der Waals surface area contributed by atoms with Crippen LogP contribution < -0.4 is 10.2 Å². The number of rotatable bonds is 6. The summed E-state index contributed by atoms with van der Waals surface area (Å²) in [7, 11) is 0. The molecule has 4 nitrogen and oxygen atoms in total. The molecule has 1 N–H and O–H groups in total. The van der Waals surface area contributed by atoms with Gasteiger partial charge in [0.25, 0.3) is 11.8 Å². The third-order valence-corrected chi connectivity index (χ3v) is 6.12. The van der Waals surface area contributed by atoms with Crippen LogP contribution in [-0.4, -0.2) is 11.8 Å². The number of aryl methyl sites for hydroxylation is 2. The van der Waals surface area contributed by atoms with Crippen molar-refractivity contribution in [2.45, 2.75) is 25.2 Å². The Bertz CT molecular complexity index is 1170. The Kier molecular flexibility index (Phi) is 5.91. The number of nitrogens with zero attached hydrogens (tertiary/aromatic N) is 1. The van der Waals surface area contributed by atoms with Crippen LogP contribution in [0.3, 0.4) is 0 Å². The summed E-state index contributed by atoms with van der Waals surface area (Å²) in [6.45, 7) is 4.02. The van der Waals surface area contributed by atoms with Crippen LogP contribution in [0.5, 0.6) is 0 Å². The van der Waals surface area contributed by atoms with Gasteiger partial charge < -0.3 is 5.32 Å². The number of nitrogens with one attached hydrogen (secondary N) is 1. The smallest absolute Gasteiger partial charge is 0.283 e. The number of hydrogen-bond acceptors (Lipinski definition) is 4. The van der Waals surface area contributed by atoms with Crippen molar-refractivity contribution in [1.29, 1.82) is 0 Å². The van der Waals surface area contributed by atoms with E-state index in [1.54, 1.807) is 0 Å². The summed E-state index contributed by atoms with van der Waals surface area (Å²) in [4.78, 5) is 28.9. The summed E-state index contributed by atoms with van der Waals surface area (Å²) in [5.74, 6) is -1.32. The molecule has 0 radical (unpaired) electrons. The second kappa shape index (κ2) is 8.78. The number of para-hydroxylation sites is 1. The first-order valence-corrected chi connectivity index (χ1v) is 10.8. The maximum Gasteiger partial charge on any atom is 0.283 e. The molecule has 1 aliphatic heterocycles. The lowest BCUT2D eigenvalue weighted by atomic mass is 10.1. The topological polar surface area (TPSA) is 49.4 Å². The summed E-state index contributed by atoms with van der Waals surface area (Å²) in [6.07, 6.45) is 0.778. The lowest BCUT2D eigenvalue weighted by Gasteiger charge is -2.15. The molecule has 1 heterocycles. The van der Waals surface area contributed by atoms with E-state index in [4.69, 9.17) is 0 Å². The summed E-state index contributed by atoms with van der Waals surface area (Å²) < 4.78 is 13.4. The molecule has 156 valence electrons. The number of carbonyl (C=O) groups excluding carboxylic acids is 2. The van der Waals surface area contributed by atoms with E-state index in [9.17, 15) is 14.0 Å². The van der Waals surface area contributed by atoms with E-state index in [-0.39, 0.29) is 5.70 Å². The van der Waals surface area contributed by atoms with Crippen LogP contribution >= 0.6 is 11.8 Å². The largest absolute Gasteiger partial charge is 0.350 e. The van der Waals surface area contributed by atoms with Crippen LogP contribution in [0, 0.1) is 12.7 Å². The molecule has 0 saturated heterocycles. The molecule has 0 spiro atoms. The van der Waals surface area contributed by atoms with Gasteiger partial charge >= 0.3 is 0 Å². The molecule has 0 aliphatic carbocycles. The molecule has 0 unspecified atom stereocenters. The maximum atomic E-state index is 13.4. The van der Waals surface area contributed by atoms with E-state index < -0.39 is 17.6 Å². The van der Waals surface area contributed by atoms with Gasteiger partial charge in [-0.25, -0.2) is 9.29 Å². The molecule has 0 fully saturated rings. The first-order chi connectivity index (χ1) is 15.0. The number of carbonyl (C=O) groups is 2. The van der Waals surface area contributed by atoms with E-state index in [0.29, 0.717) is 10.6 Å². The lowest BCUT2D eigenvalue weighted by molar-refractivity contribution is -0.120. The minimum absolute atomic E-state index is 0.223. The first kappa shape index (κ1) is 20.9. The summed E-state index contributed by atoms with van der Waals surface area (Å²) in [5.41, 5.74) is 3.48. The number of hydrogen-bond donors (Lipinski definition) is 1. The van der Waals surface area contributed by atoms with E-state index in [1.165, 1.54) is 36.0 Å². The van der Waals surface area contributed by atoms with Gasteiger partial charge in [-0.2, -0.15) is 0 Å². The fraction of sp³-hybridized carbons (Fsp3) is 0.120. The van der Waals surface area contributed by atoms with Gasteiger partial charge in [-0.15, -0.1) is 0 Å². The van der Waals surface area contributed by atoms with Crippen molar-refractivity contribution in [2.75, 3.05) is 10.2 Å². The van der Waals surface area contributed by atoms with Crippen molar-refractivity contribution < 1.29 is 14.0 Å². The van der Waals surface area contributed by atoms with Crippen molar-refractivity contribution in [1.82, 2.24) is 0 Å². The normalized spacial score (nSPS) is 13.8. The Labute approximate surface area is 184 Å². The fourth-order valence-electron chi connectivity index (χ4n) is 3.35. The Morgan fingerprint density at radius 3 is 2.26 bits per heavy atom.